The van der Waals surface area contributed by atoms with Gasteiger partial charge >= 0.3 is 0 Å². The Bertz CT molecular complexity index is 616. The number of benzene rings is 2. The van der Waals surface area contributed by atoms with Crippen LogP contribution >= 0.6 is 0 Å². The Kier molecular flexibility index (Phi) is 4.71. The van der Waals surface area contributed by atoms with Gasteiger partial charge in [-0.05, 0) is 38.1 Å². The van der Waals surface area contributed by atoms with Gasteiger partial charge in [-0.1, -0.05) is 29.8 Å². The Labute approximate surface area is 129 Å². The average molecular weight is 299 g/mol. The van der Waals surface area contributed by atoms with Gasteiger partial charge in [0.2, 0.25) is 0 Å². The predicted octanol–water partition coefficient (Wildman–Crippen LogP) is 3.48. The fourth-order valence-corrected chi connectivity index (χ4v) is 2.11. The summed E-state index contributed by atoms with van der Waals surface area (Å²) in [6, 6.07) is 11.9. The number of hydrogen-bond donors (Lipinski definition) is 0. The summed E-state index contributed by atoms with van der Waals surface area (Å²) in [6.45, 7) is 3.63. The number of amides is 1. The highest BCUT2D eigenvalue weighted by molar-refractivity contribution is 6.04. The Morgan fingerprint density at radius 3 is 2.00 bits per heavy atom. The first-order valence-corrected chi connectivity index (χ1v) is 7.04. The minimum Gasteiger partial charge on any atom is -0.332 e. The first-order valence-electron chi connectivity index (χ1n) is 7.04. The van der Waals surface area contributed by atoms with Crippen molar-refractivity contribution in [1.29, 1.82) is 0 Å². The van der Waals surface area contributed by atoms with E-state index in [0.717, 1.165) is 5.56 Å². The lowest BCUT2D eigenvalue weighted by molar-refractivity contribution is 0.0675. The third-order valence-corrected chi connectivity index (χ3v) is 3.71. The van der Waals surface area contributed by atoms with Crippen LogP contribution in [-0.2, 0) is 0 Å². The highest BCUT2D eigenvalue weighted by atomic mass is 19.1. The third kappa shape index (κ3) is 3.39. The van der Waals surface area contributed by atoms with E-state index in [4.69, 9.17) is 0 Å². The van der Waals surface area contributed by atoms with Gasteiger partial charge in [0.05, 0.1) is 6.04 Å². The van der Waals surface area contributed by atoms with Crippen LogP contribution in [0.4, 0.5) is 4.39 Å². The molecular formula is C18H18FNO2. The number of carbonyl (C=O) groups excluding carboxylic acids is 2. The number of ketones is 1. The van der Waals surface area contributed by atoms with E-state index in [0.29, 0.717) is 11.1 Å². The van der Waals surface area contributed by atoms with E-state index in [1.54, 1.807) is 26.1 Å². The molecule has 2 aromatic rings. The van der Waals surface area contributed by atoms with Crippen molar-refractivity contribution in [3.8, 4) is 0 Å². The molecule has 22 heavy (non-hydrogen) atoms. The lowest BCUT2D eigenvalue weighted by Gasteiger charge is -2.24. The molecule has 0 radical (unpaired) electrons. The number of rotatable bonds is 4. The summed E-state index contributed by atoms with van der Waals surface area (Å²) in [6.07, 6.45) is 0. The van der Waals surface area contributed by atoms with E-state index in [9.17, 15) is 14.0 Å². The zero-order chi connectivity index (χ0) is 16.3. The maximum Gasteiger partial charge on any atom is 0.254 e. The van der Waals surface area contributed by atoms with E-state index in [1.807, 2.05) is 19.1 Å². The topological polar surface area (TPSA) is 37.4 Å². The minimum atomic E-state index is -0.597. The molecule has 0 bridgehead atoms. The molecule has 0 spiro atoms. The third-order valence-electron chi connectivity index (χ3n) is 3.71. The lowest BCUT2D eigenvalue weighted by atomic mass is 10.0. The average Bonchev–Trinajstić information content (AvgIpc) is 2.53. The van der Waals surface area contributed by atoms with Crippen LogP contribution in [0.3, 0.4) is 0 Å². The highest BCUT2D eigenvalue weighted by Gasteiger charge is 2.24. The van der Waals surface area contributed by atoms with E-state index < -0.39 is 11.9 Å². The standard InChI is InChI=1S/C18H18FNO2/c1-12-4-6-14(7-5-12)17(21)13(2)20(3)18(22)15-8-10-16(19)11-9-15/h4-11,13H,1-3H3. The molecule has 0 N–H and O–H groups in total. The van der Waals surface area contributed by atoms with Crippen LogP contribution in [0.1, 0.15) is 33.2 Å². The zero-order valence-electron chi connectivity index (χ0n) is 12.8. The molecule has 2 rings (SSSR count). The van der Waals surface area contributed by atoms with E-state index in [2.05, 4.69) is 0 Å². The smallest absolute Gasteiger partial charge is 0.254 e. The first-order chi connectivity index (χ1) is 10.4. The number of aryl methyl sites for hydroxylation is 1. The van der Waals surface area contributed by atoms with Crippen LogP contribution < -0.4 is 0 Å². The number of carbonyl (C=O) groups is 2. The van der Waals surface area contributed by atoms with Crippen LogP contribution in [0.25, 0.3) is 0 Å². The van der Waals surface area contributed by atoms with Crippen LogP contribution in [0.5, 0.6) is 0 Å². The van der Waals surface area contributed by atoms with Crippen molar-refractivity contribution in [2.75, 3.05) is 7.05 Å². The maximum atomic E-state index is 12.9. The van der Waals surface area contributed by atoms with E-state index >= 15 is 0 Å². The lowest BCUT2D eigenvalue weighted by Crippen LogP contribution is -2.40. The fraction of sp³-hybridized carbons (Fsp3) is 0.222. The first kappa shape index (κ1) is 15.9. The molecule has 3 nitrogen and oxygen atoms in total. The van der Waals surface area contributed by atoms with Crippen molar-refractivity contribution in [1.82, 2.24) is 4.90 Å². The maximum absolute atomic E-state index is 12.9. The SMILES string of the molecule is Cc1ccc(C(=O)C(C)N(C)C(=O)c2ccc(F)cc2)cc1. The minimum absolute atomic E-state index is 0.127. The van der Waals surface area contributed by atoms with Gasteiger partial charge in [-0.2, -0.15) is 0 Å². The van der Waals surface area contributed by atoms with Gasteiger partial charge in [-0.3, -0.25) is 9.59 Å². The molecule has 0 saturated carbocycles. The van der Waals surface area contributed by atoms with Crippen molar-refractivity contribution in [3.63, 3.8) is 0 Å². The monoisotopic (exact) mass is 299 g/mol. The fourth-order valence-electron chi connectivity index (χ4n) is 2.11. The van der Waals surface area contributed by atoms with Crippen LogP contribution in [0.2, 0.25) is 0 Å². The van der Waals surface area contributed by atoms with Gasteiger partial charge in [0.25, 0.3) is 5.91 Å². The van der Waals surface area contributed by atoms with Gasteiger partial charge in [0.1, 0.15) is 5.82 Å². The van der Waals surface area contributed by atoms with E-state index in [-0.39, 0.29) is 11.7 Å². The molecule has 0 heterocycles. The molecule has 0 aliphatic carbocycles. The predicted molar refractivity (Wildman–Crippen MR) is 83.5 cm³/mol. The Morgan fingerprint density at radius 2 is 1.45 bits per heavy atom. The Hall–Kier alpha value is -2.49. The summed E-state index contributed by atoms with van der Waals surface area (Å²) in [4.78, 5) is 26.1. The molecule has 0 saturated heterocycles. The summed E-state index contributed by atoms with van der Waals surface area (Å²) < 4.78 is 12.9. The van der Waals surface area contributed by atoms with Crippen LogP contribution in [0, 0.1) is 12.7 Å². The zero-order valence-corrected chi connectivity index (χ0v) is 12.8. The number of likely N-dealkylation sites (N-methyl/N-ethyl adjacent to an activating group) is 1. The molecule has 1 amide bonds. The highest BCUT2D eigenvalue weighted by Crippen LogP contribution is 2.13. The number of halogens is 1. The molecule has 0 aliphatic heterocycles. The number of nitrogens with zero attached hydrogens (tertiary/aromatic N) is 1. The summed E-state index contributed by atoms with van der Waals surface area (Å²) in [5.74, 6) is -0.839. The summed E-state index contributed by atoms with van der Waals surface area (Å²) >= 11 is 0. The normalized spacial score (nSPS) is 11.8. The molecule has 0 fully saturated rings. The van der Waals surface area contributed by atoms with Crippen molar-refractivity contribution in [3.05, 3.63) is 71.0 Å². The molecular weight excluding hydrogens is 281 g/mol. The molecule has 114 valence electrons. The molecule has 4 heteroatoms. The van der Waals surface area contributed by atoms with Gasteiger partial charge < -0.3 is 4.90 Å². The Balaban J connectivity index is 2.15. The van der Waals surface area contributed by atoms with Gasteiger partial charge in [0.15, 0.2) is 5.78 Å². The van der Waals surface area contributed by atoms with Crippen molar-refractivity contribution >= 4 is 11.7 Å². The number of hydrogen-bond acceptors (Lipinski definition) is 2. The van der Waals surface area contributed by atoms with E-state index in [1.165, 1.54) is 29.2 Å². The molecule has 0 aromatic heterocycles. The summed E-state index contributed by atoms with van der Waals surface area (Å²) in [5.41, 5.74) is 1.99. The molecule has 1 unspecified atom stereocenters. The van der Waals surface area contributed by atoms with Crippen LogP contribution in [-0.4, -0.2) is 29.7 Å². The van der Waals surface area contributed by atoms with Gasteiger partial charge in [-0.25, -0.2) is 4.39 Å². The van der Waals surface area contributed by atoms with Crippen molar-refractivity contribution in [2.45, 2.75) is 19.9 Å². The second-order valence-electron chi connectivity index (χ2n) is 5.33. The van der Waals surface area contributed by atoms with Gasteiger partial charge in [0, 0.05) is 18.2 Å². The quantitative estimate of drug-likeness (QED) is 0.811. The molecule has 2 aromatic carbocycles. The molecule has 1 atom stereocenters. The molecule has 0 aliphatic rings. The summed E-state index contributed by atoms with van der Waals surface area (Å²) in [5, 5.41) is 0. The Morgan fingerprint density at radius 1 is 0.955 bits per heavy atom. The second kappa shape index (κ2) is 6.52. The van der Waals surface area contributed by atoms with Gasteiger partial charge in [-0.15, -0.1) is 0 Å². The largest absolute Gasteiger partial charge is 0.332 e. The van der Waals surface area contributed by atoms with Crippen molar-refractivity contribution in [2.24, 2.45) is 0 Å². The number of Topliss-reactive ketones (excluding diaryl/α,β-unsaturated/α-hetero) is 1. The van der Waals surface area contributed by atoms with Crippen LogP contribution in [0.15, 0.2) is 48.5 Å². The van der Waals surface area contributed by atoms with Crippen molar-refractivity contribution < 1.29 is 14.0 Å². The second-order valence-corrected chi connectivity index (χ2v) is 5.33. The summed E-state index contributed by atoms with van der Waals surface area (Å²) in [7, 11) is 1.57.